The molecule has 0 aliphatic carbocycles. The summed E-state index contributed by atoms with van der Waals surface area (Å²) in [6.07, 6.45) is -2.75. The molecule has 2 nitrogen and oxygen atoms in total. The van der Waals surface area contributed by atoms with Gasteiger partial charge in [0.25, 0.3) is 0 Å². The van der Waals surface area contributed by atoms with Crippen LogP contribution in [-0.4, -0.2) is 12.3 Å². The van der Waals surface area contributed by atoms with Crippen molar-refractivity contribution in [3.63, 3.8) is 0 Å². The van der Waals surface area contributed by atoms with Gasteiger partial charge in [-0.25, -0.2) is 0 Å². The van der Waals surface area contributed by atoms with E-state index < -0.39 is 11.7 Å². The van der Waals surface area contributed by atoms with Gasteiger partial charge in [-0.1, -0.05) is 49.9 Å². The lowest BCUT2D eigenvalue weighted by atomic mass is 9.88. The Morgan fingerprint density at radius 3 is 2.04 bits per heavy atom. The van der Waals surface area contributed by atoms with E-state index in [1.54, 1.807) is 6.21 Å². The van der Waals surface area contributed by atoms with E-state index in [0.717, 1.165) is 17.7 Å². The molecule has 0 fully saturated rings. The Hall–Kier alpha value is -1.96. The number of rotatable bonds is 4. The summed E-state index contributed by atoms with van der Waals surface area (Å²) in [5.74, 6) is 6.26. The second-order valence-electron chi connectivity index (χ2n) is 8.06. The van der Waals surface area contributed by atoms with E-state index in [1.165, 1.54) is 12.1 Å². The smallest absolute Gasteiger partial charge is 0.379 e. The molecule has 0 saturated heterocycles. The van der Waals surface area contributed by atoms with Gasteiger partial charge in [0.2, 0.25) is 0 Å². The Labute approximate surface area is 148 Å². The van der Waals surface area contributed by atoms with Gasteiger partial charge in [0.15, 0.2) is 6.10 Å². The van der Waals surface area contributed by atoms with Crippen LogP contribution in [0.25, 0.3) is 0 Å². The Bertz CT molecular complexity index is 635. The van der Waals surface area contributed by atoms with Crippen molar-refractivity contribution >= 4 is 6.21 Å². The van der Waals surface area contributed by atoms with Gasteiger partial charge < -0.3 is 4.84 Å². The van der Waals surface area contributed by atoms with Crippen LogP contribution in [-0.2, 0) is 17.4 Å². The molecular formula is C20H26F3NO. The van der Waals surface area contributed by atoms with E-state index in [0.29, 0.717) is 6.42 Å². The van der Waals surface area contributed by atoms with Crippen molar-refractivity contribution in [3.8, 4) is 11.8 Å². The summed E-state index contributed by atoms with van der Waals surface area (Å²) in [5.41, 5.74) is -0.260. The Balaban J connectivity index is 2.69. The molecule has 25 heavy (non-hydrogen) atoms. The zero-order valence-corrected chi connectivity index (χ0v) is 15.7. The zero-order chi connectivity index (χ0) is 19.3. The first-order valence-electron chi connectivity index (χ1n) is 8.15. The fourth-order valence-electron chi connectivity index (χ4n) is 1.76. The summed E-state index contributed by atoms with van der Waals surface area (Å²) in [6.45, 7) is 12.1. The van der Waals surface area contributed by atoms with Crippen LogP contribution < -0.4 is 0 Å². The summed E-state index contributed by atoms with van der Waals surface area (Å²) in [7, 11) is 0. The number of oxime groups is 1. The highest BCUT2D eigenvalue weighted by Crippen LogP contribution is 2.29. The highest BCUT2D eigenvalue weighted by atomic mass is 19.4. The summed E-state index contributed by atoms with van der Waals surface area (Å²) in [5, 5.41) is 3.96. The van der Waals surface area contributed by atoms with Gasteiger partial charge in [-0.2, -0.15) is 13.2 Å². The van der Waals surface area contributed by atoms with E-state index in [-0.39, 0.29) is 16.9 Å². The van der Waals surface area contributed by atoms with Crippen molar-refractivity contribution < 1.29 is 18.0 Å². The Morgan fingerprint density at radius 2 is 1.60 bits per heavy atom. The molecule has 1 atom stereocenters. The van der Waals surface area contributed by atoms with E-state index in [1.807, 2.05) is 41.5 Å². The number of nitrogens with zero attached hydrogens (tertiary/aromatic N) is 1. The van der Waals surface area contributed by atoms with Crippen molar-refractivity contribution in [2.75, 3.05) is 0 Å². The topological polar surface area (TPSA) is 21.6 Å². The fourth-order valence-corrected chi connectivity index (χ4v) is 1.76. The molecule has 0 aromatic heterocycles. The molecule has 1 rings (SSSR count). The van der Waals surface area contributed by atoms with Crippen molar-refractivity contribution in [1.82, 2.24) is 0 Å². The molecule has 0 heterocycles. The number of hydrogen-bond donors (Lipinski definition) is 0. The van der Waals surface area contributed by atoms with Gasteiger partial charge in [-0.15, -0.1) is 0 Å². The number of alkyl halides is 3. The molecule has 0 N–H and O–H groups in total. The van der Waals surface area contributed by atoms with Crippen LogP contribution in [0, 0.1) is 22.7 Å². The second kappa shape index (κ2) is 7.95. The lowest BCUT2D eigenvalue weighted by Crippen LogP contribution is -2.26. The molecule has 1 aromatic carbocycles. The van der Waals surface area contributed by atoms with Gasteiger partial charge in [0.1, 0.15) is 0 Å². The molecule has 5 heteroatoms. The third-order valence-electron chi connectivity index (χ3n) is 3.21. The summed E-state index contributed by atoms with van der Waals surface area (Å²) < 4.78 is 37.6. The van der Waals surface area contributed by atoms with E-state index >= 15 is 0 Å². The number of halogens is 3. The van der Waals surface area contributed by atoms with E-state index in [2.05, 4.69) is 17.0 Å². The zero-order valence-electron chi connectivity index (χ0n) is 15.7. The monoisotopic (exact) mass is 353 g/mol. The van der Waals surface area contributed by atoms with Crippen LogP contribution in [0.2, 0.25) is 0 Å². The minimum Gasteiger partial charge on any atom is -0.379 e. The molecule has 0 bridgehead atoms. The van der Waals surface area contributed by atoms with E-state index in [4.69, 9.17) is 4.84 Å². The average molecular weight is 353 g/mol. The first kappa shape index (κ1) is 21.1. The summed E-state index contributed by atoms with van der Waals surface area (Å²) >= 11 is 0. The molecule has 0 aliphatic rings. The fraction of sp³-hybridized carbons (Fsp3) is 0.550. The normalized spacial score (nSPS) is 14.1. The number of benzene rings is 1. The maximum atomic E-state index is 12.5. The van der Waals surface area contributed by atoms with Crippen molar-refractivity contribution in [2.45, 2.75) is 60.2 Å². The first-order chi connectivity index (χ1) is 11.3. The lowest BCUT2D eigenvalue weighted by molar-refractivity contribution is -0.137. The molecule has 0 saturated carbocycles. The highest BCUT2D eigenvalue weighted by Gasteiger charge is 2.29. The lowest BCUT2D eigenvalue weighted by Gasteiger charge is -2.24. The van der Waals surface area contributed by atoms with Gasteiger partial charge in [0, 0.05) is 23.5 Å². The van der Waals surface area contributed by atoms with Crippen LogP contribution in [0.4, 0.5) is 13.2 Å². The van der Waals surface area contributed by atoms with Gasteiger partial charge in [0.05, 0.1) is 5.56 Å². The van der Waals surface area contributed by atoms with Crippen LogP contribution >= 0.6 is 0 Å². The SMILES string of the molecule is CC(C)(C)C#CC(O/N=C/Cc1ccc(C(F)(F)F)cc1)C(C)(C)C. The van der Waals surface area contributed by atoms with Crippen molar-refractivity contribution in [1.29, 1.82) is 0 Å². The summed E-state index contributed by atoms with van der Waals surface area (Å²) in [4.78, 5) is 5.52. The summed E-state index contributed by atoms with van der Waals surface area (Å²) in [6, 6.07) is 5.01. The highest BCUT2D eigenvalue weighted by molar-refractivity contribution is 5.60. The molecule has 0 aliphatic heterocycles. The van der Waals surface area contributed by atoms with E-state index in [9.17, 15) is 13.2 Å². The first-order valence-corrected chi connectivity index (χ1v) is 8.15. The second-order valence-corrected chi connectivity index (χ2v) is 8.06. The van der Waals surface area contributed by atoms with Crippen LogP contribution in [0.15, 0.2) is 29.4 Å². The molecule has 0 radical (unpaired) electrons. The molecule has 0 spiro atoms. The van der Waals surface area contributed by atoms with Gasteiger partial charge >= 0.3 is 6.18 Å². The Kier molecular flexibility index (Phi) is 6.70. The largest absolute Gasteiger partial charge is 0.416 e. The Morgan fingerprint density at radius 1 is 1.04 bits per heavy atom. The van der Waals surface area contributed by atoms with Crippen LogP contribution in [0.3, 0.4) is 0 Å². The molecule has 1 aromatic rings. The third kappa shape index (κ3) is 8.11. The number of hydrogen-bond acceptors (Lipinski definition) is 2. The molecule has 0 amide bonds. The third-order valence-corrected chi connectivity index (χ3v) is 3.21. The maximum absolute atomic E-state index is 12.5. The molecular weight excluding hydrogens is 327 g/mol. The van der Waals surface area contributed by atoms with Crippen molar-refractivity contribution in [2.24, 2.45) is 16.0 Å². The minimum atomic E-state index is -4.32. The molecule has 1 unspecified atom stereocenters. The van der Waals surface area contributed by atoms with Crippen LogP contribution in [0.1, 0.15) is 52.7 Å². The minimum absolute atomic E-state index is 0.128. The quantitative estimate of drug-likeness (QED) is 0.386. The average Bonchev–Trinajstić information content (AvgIpc) is 2.43. The van der Waals surface area contributed by atoms with Crippen molar-refractivity contribution in [3.05, 3.63) is 35.4 Å². The van der Waals surface area contributed by atoms with Gasteiger partial charge in [-0.3, -0.25) is 0 Å². The predicted molar refractivity (Wildman–Crippen MR) is 95.2 cm³/mol. The predicted octanol–water partition coefficient (Wildman–Crippen LogP) is 5.71. The maximum Gasteiger partial charge on any atom is 0.416 e. The standard InChI is InChI=1S/C20H26F3NO/c1-18(2,3)13-11-17(19(4,5)6)25-24-14-12-15-7-9-16(10-8-15)20(21,22)23/h7-10,14,17H,12H2,1-6H3/b24-14+. The van der Waals surface area contributed by atoms with Gasteiger partial charge in [-0.05, 0) is 38.5 Å². The molecule has 138 valence electrons. The van der Waals surface area contributed by atoms with Crippen LogP contribution in [0.5, 0.6) is 0 Å².